The lowest BCUT2D eigenvalue weighted by Crippen LogP contribution is -2.81. The van der Waals surface area contributed by atoms with Crippen molar-refractivity contribution in [2.24, 2.45) is 33.5 Å². The van der Waals surface area contributed by atoms with Crippen LogP contribution in [0.5, 0.6) is 0 Å². The normalized spacial score (nSPS) is 33.4. The molecule has 117 heavy (non-hydrogen) atoms. The number of hydrogen-bond acceptors (Lipinski definition) is 28. The van der Waals surface area contributed by atoms with Gasteiger partial charge in [-0.1, -0.05) is 125 Å². The molecule has 31 heteroatoms. The summed E-state index contributed by atoms with van der Waals surface area (Å²) in [6, 6.07) is 29.3. The van der Waals surface area contributed by atoms with E-state index in [1.165, 1.54) is 52.0 Å². The van der Waals surface area contributed by atoms with Gasteiger partial charge in [0.15, 0.2) is 35.0 Å². The average Bonchev–Trinajstić information content (AvgIpc) is 0.673. The van der Waals surface area contributed by atoms with E-state index in [0.29, 0.717) is 11.1 Å². The fourth-order valence-electron chi connectivity index (χ4n) is 19.1. The first-order valence-electron chi connectivity index (χ1n) is 38.7. The summed E-state index contributed by atoms with van der Waals surface area (Å²) in [7, 11) is 0. The summed E-state index contributed by atoms with van der Waals surface area (Å²) in [5, 5.41) is 103. The molecule has 31 nitrogen and oxygen atoms in total. The first-order chi connectivity index (χ1) is 54.0. The molecule has 0 radical (unpaired) electrons. The average molecular weight is 1630 g/mol. The van der Waals surface area contributed by atoms with E-state index in [0.717, 1.165) is 13.8 Å². The number of aliphatic hydroxyl groups is 8. The maximum atomic E-state index is 14.9. The van der Waals surface area contributed by atoms with Crippen LogP contribution in [0.1, 0.15) is 180 Å². The van der Waals surface area contributed by atoms with E-state index in [1.54, 1.807) is 166 Å². The lowest BCUT2D eigenvalue weighted by molar-refractivity contribution is -0.346. The van der Waals surface area contributed by atoms with E-state index in [-0.39, 0.29) is 65.0 Å². The highest BCUT2D eigenvalue weighted by Gasteiger charge is 2.80. The van der Waals surface area contributed by atoms with Gasteiger partial charge >= 0.3 is 48.0 Å². The first-order valence-corrected chi connectivity index (χ1v) is 38.7. The monoisotopic (exact) mass is 1630 g/mol. The minimum atomic E-state index is -2.35. The Morgan fingerprint density at radius 1 is 0.479 bits per heavy atom. The molecule has 6 aliphatic carbocycles. The largest absolute Gasteiger partial charge is 0.456 e. The van der Waals surface area contributed by atoms with Crippen LogP contribution in [0.25, 0.3) is 0 Å². The predicted molar refractivity (Wildman–Crippen MR) is 411 cm³/mol. The number of carbonyl (C=O) groups is 10. The summed E-state index contributed by atoms with van der Waals surface area (Å²) in [4.78, 5) is 138. The van der Waals surface area contributed by atoms with Gasteiger partial charge in [-0.15, -0.1) is 0 Å². The Balaban J connectivity index is 0.000000245. The molecule has 4 aromatic rings. The highest BCUT2D eigenvalue weighted by molar-refractivity contribution is 5.96. The van der Waals surface area contributed by atoms with Crippen LogP contribution < -0.4 is 10.6 Å². The van der Waals surface area contributed by atoms with Gasteiger partial charge in [0, 0.05) is 50.4 Å². The molecule has 4 bridgehead atoms. The molecule has 2 amide bonds. The maximum absolute atomic E-state index is 14.9. The summed E-state index contributed by atoms with van der Waals surface area (Å²) in [5.74, 6) is -10.7. The molecule has 8 aliphatic rings. The Kier molecular flexibility index (Phi) is 25.2. The SMILES string of the molecule is CC(=O)O[C@@]12CO[C@@H]1C[C@H](O)[C@@]1(C)C(=O)[C@H](O)C3=C(C)[C@@H](OC(=O)C(O)[C@@H](NC(=O)OC(C)(C)C)c4ccccc4)C[C@@](O)([C@@H](OC(=O)c4ccccc4)[C@H]21)C3(C)C.CC(=O)O[C@@]12CO[C@@H]1C[C@H](O)[C@@]1(C)C(=O)[C@H](O)C3=C(C)[C@@H](OC(=O)C(O)[C@@H](NC(=O)OC(C)(C)C)c4ccccc4)C[C@@](O)([C@@H](OC(=O)c4ccccc4)[C@H]21)C3(C)C.O. The molecule has 2 aliphatic heterocycles. The fourth-order valence-corrected chi connectivity index (χ4v) is 19.1. The number of fused-ring (bicyclic) bond motifs is 10. The fraction of sp³-hybridized carbons (Fsp3) is 0.558. The van der Waals surface area contributed by atoms with E-state index in [9.17, 15) is 88.8 Å². The lowest BCUT2D eigenvalue weighted by Gasteiger charge is -2.67. The number of nitrogens with one attached hydrogen (secondary N) is 2. The predicted octanol–water partition coefficient (Wildman–Crippen LogP) is 5.69. The van der Waals surface area contributed by atoms with Crippen molar-refractivity contribution in [3.05, 3.63) is 166 Å². The van der Waals surface area contributed by atoms with Crippen molar-refractivity contribution in [3.8, 4) is 0 Å². The van der Waals surface area contributed by atoms with Crippen LogP contribution in [0.4, 0.5) is 9.59 Å². The third-order valence-corrected chi connectivity index (χ3v) is 25.1. The van der Waals surface area contributed by atoms with Crippen molar-refractivity contribution in [2.45, 2.75) is 255 Å². The molecule has 0 spiro atoms. The second-order valence-corrected chi connectivity index (χ2v) is 35.1. The molecular weight excluding hydrogens is 1520 g/mol. The molecule has 636 valence electrons. The van der Waals surface area contributed by atoms with Crippen LogP contribution in [-0.4, -0.2) is 226 Å². The third kappa shape index (κ3) is 15.9. The van der Waals surface area contributed by atoms with Crippen LogP contribution >= 0.6 is 0 Å². The number of benzene rings is 4. The van der Waals surface area contributed by atoms with Gasteiger partial charge in [0.05, 0.1) is 71.3 Å². The number of carbonyl (C=O) groups excluding carboxylic acids is 10. The van der Waals surface area contributed by atoms with E-state index >= 15 is 0 Å². The van der Waals surface area contributed by atoms with Gasteiger partial charge < -0.3 is 104 Å². The summed E-state index contributed by atoms with van der Waals surface area (Å²) >= 11 is 0. The van der Waals surface area contributed by atoms with Gasteiger partial charge in [-0.25, -0.2) is 28.8 Å². The van der Waals surface area contributed by atoms with Crippen molar-refractivity contribution < 1.29 is 142 Å². The summed E-state index contributed by atoms with van der Waals surface area (Å²) in [6.07, 6.45) is -23.0. The number of aliphatic hydroxyl groups excluding tert-OH is 6. The highest BCUT2D eigenvalue weighted by atomic mass is 16.7. The van der Waals surface area contributed by atoms with Gasteiger partial charge in [-0.05, 0) is 127 Å². The third-order valence-electron chi connectivity index (χ3n) is 25.1. The van der Waals surface area contributed by atoms with Crippen molar-refractivity contribution >= 4 is 59.6 Å². The Hall–Kier alpha value is -9.38. The van der Waals surface area contributed by atoms with E-state index in [2.05, 4.69) is 10.6 Å². The van der Waals surface area contributed by atoms with E-state index < -0.39 is 225 Å². The molecule has 4 saturated carbocycles. The Morgan fingerprint density at radius 2 is 0.778 bits per heavy atom. The van der Waals surface area contributed by atoms with Crippen molar-refractivity contribution in [1.29, 1.82) is 0 Å². The second-order valence-electron chi connectivity index (χ2n) is 35.1. The first kappa shape index (κ1) is 90.0. The zero-order chi connectivity index (χ0) is 85.5. The molecule has 12 N–H and O–H groups in total. The molecule has 6 fully saturated rings. The minimum absolute atomic E-state index is 0. The van der Waals surface area contributed by atoms with Gasteiger partial charge in [0.25, 0.3) is 0 Å². The van der Waals surface area contributed by atoms with E-state index in [1.807, 2.05) is 0 Å². The Morgan fingerprint density at radius 3 is 1.05 bits per heavy atom. The van der Waals surface area contributed by atoms with Gasteiger partial charge in [-0.2, -0.15) is 0 Å². The van der Waals surface area contributed by atoms with Crippen LogP contribution in [-0.2, 0) is 76.1 Å². The molecule has 2 unspecified atom stereocenters. The van der Waals surface area contributed by atoms with Crippen LogP contribution in [0.15, 0.2) is 144 Å². The number of amides is 2. The van der Waals surface area contributed by atoms with Gasteiger partial charge in [-0.3, -0.25) is 19.2 Å². The smallest absolute Gasteiger partial charge is 0.408 e. The topological polar surface area (TPSA) is 480 Å². The maximum Gasteiger partial charge on any atom is 0.408 e. The molecule has 4 aromatic carbocycles. The van der Waals surface area contributed by atoms with Crippen LogP contribution in [0.2, 0.25) is 0 Å². The standard InChI is InChI=1S/2C43H53NO14.H2O/c2*1-22-26(55-37(51)32(48)30(24-15-11-9-12-16-24)44-38(52)58-39(3,4)5)20-43(53)35(56-36(50)25-17-13-10-14-18-25)33-41(8,34(49)31(47)29(22)40(43,6)7)27(46)19-28-42(33,21-54-28)57-23(2)45;/h2*9-18,26-28,30-33,35,46-48,53H,19-21H2,1-8H3,(H,44,52);1H2/t2*26-,27-,28+,30-,31+,32?,33-,35-,41+,42-,43+;/m00./s1. The molecule has 22 atom stereocenters. The Bertz CT molecular complexity index is 4240. The quantitative estimate of drug-likeness (QED) is 0.0365. The zero-order valence-corrected chi connectivity index (χ0v) is 68.3. The van der Waals surface area contributed by atoms with Gasteiger partial charge in [0.1, 0.15) is 71.2 Å². The van der Waals surface area contributed by atoms with Gasteiger partial charge in [0.2, 0.25) is 0 Å². The molecule has 2 saturated heterocycles. The number of alkyl carbamates (subject to hydrolysis) is 2. The number of rotatable bonds is 16. The summed E-state index contributed by atoms with van der Waals surface area (Å²) < 4.78 is 59.0. The number of hydrogen-bond donors (Lipinski definition) is 10. The molecule has 0 aromatic heterocycles. The molecule has 12 rings (SSSR count). The van der Waals surface area contributed by atoms with E-state index in [4.69, 9.17) is 47.4 Å². The molecule has 2 heterocycles. The summed E-state index contributed by atoms with van der Waals surface area (Å²) in [6.45, 7) is 23.6. The Labute approximate surface area is 676 Å². The van der Waals surface area contributed by atoms with Crippen LogP contribution in [0, 0.1) is 33.5 Å². The van der Waals surface area contributed by atoms with Crippen LogP contribution in [0.3, 0.4) is 0 Å². The summed E-state index contributed by atoms with van der Waals surface area (Å²) in [5.41, 5.74) is -16.3. The number of esters is 6. The van der Waals surface area contributed by atoms with Crippen molar-refractivity contribution in [3.63, 3.8) is 0 Å². The number of Topliss-reactive ketones (excluding diaryl/α,β-unsaturated/α-hetero) is 2. The zero-order valence-electron chi connectivity index (χ0n) is 68.3. The second kappa shape index (κ2) is 32.7. The van der Waals surface area contributed by atoms with Crippen molar-refractivity contribution in [1.82, 2.24) is 10.6 Å². The minimum Gasteiger partial charge on any atom is -0.456 e. The number of ether oxygens (including phenoxy) is 10. The lowest BCUT2D eigenvalue weighted by atomic mass is 9.44. The number of ketones is 2. The molecular formula is C86H108N2O29. The van der Waals surface area contributed by atoms with Crippen molar-refractivity contribution in [2.75, 3.05) is 13.2 Å². The highest BCUT2D eigenvalue weighted by Crippen LogP contribution is 2.67.